The van der Waals surface area contributed by atoms with Crippen LogP contribution in [0, 0.1) is 6.92 Å². The molecule has 0 spiro atoms. The van der Waals surface area contributed by atoms with Gasteiger partial charge in [0.05, 0.1) is 18.9 Å². The zero-order chi connectivity index (χ0) is 16.8. The molecule has 0 aliphatic rings. The van der Waals surface area contributed by atoms with Crippen LogP contribution in [0.2, 0.25) is 0 Å². The third kappa shape index (κ3) is 4.16. The summed E-state index contributed by atoms with van der Waals surface area (Å²) in [5, 5.41) is 4.04. The maximum Gasteiger partial charge on any atom is 0.272 e. The molecular weight excluding hydrogens is 290 g/mol. The van der Waals surface area contributed by atoms with E-state index in [1.165, 1.54) is 6.20 Å². The molecule has 120 valence electrons. The number of nitrogens with one attached hydrogen (secondary N) is 1. The molecule has 0 atom stereocenters. The van der Waals surface area contributed by atoms with Gasteiger partial charge in [-0.1, -0.05) is 13.8 Å². The number of rotatable bonds is 5. The van der Waals surface area contributed by atoms with E-state index in [4.69, 9.17) is 4.74 Å². The largest absolute Gasteiger partial charge is 0.496 e. The zero-order valence-electron chi connectivity index (χ0n) is 13.8. The summed E-state index contributed by atoms with van der Waals surface area (Å²) in [5.74, 6) is 0.918. The molecule has 0 aliphatic carbocycles. The molecule has 5 nitrogen and oxygen atoms in total. The number of hydrazone groups is 1. The van der Waals surface area contributed by atoms with Gasteiger partial charge < -0.3 is 4.74 Å². The number of nitrogens with zero attached hydrogens (tertiary/aromatic N) is 2. The van der Waals surface area contributed by atoms with E-state index in [0.717, 1.165) is 22.4 Å². The second-order valence-corrected chi connectivity index (χ2v) is 5.55. The molecule has 0 aliphatic heterocycles. The van der Waals surface area contributed by atoms with Crippen molar-refractivity contribution in [2.45, 2.75) is 26.7 Å². The standard InChI is InChI=1S/C18H21N3O2/c1-12(2)16-9-15(13(3)8-17(16)23-4)11-20-21-18(22)14-6-5-7-19-10-14/h5-12H,1-4H3,(H,21,22)/b20-11-. The van der Waals surface area contributed by atoms with Crippen molar-refractivity contribution in [2.75, 3.05) is 7.11 Å². The number of aromatic nitrogens is 1. The van der Waals surface area contributed by atoms with Gasteiger partial charge in [-0.25, -0.2) is 5.43 Å². The number of pyridine rings is 1. The summed E-state index contributed by atoms with van der Waals surface area (Å²) < 4.78 is 5.42. The maximum atomic E-state index is 11.9. The first-order valence-corrected chi connectivity index (χ1v) is 7.45. The van der Waals surface area contributed by atoms with Crippen LogP contribution in [0.15, 0.2) is 41.8 Å². The van der Waals surface area contributed by atoms with Crippen molar-refractivity contribution in [2.24, 2.45) is 5.10 Å². The Morgan fingerprint density at radius 2 is 2.17 bits per heavy atom. The first-order valence-electron chi connectivity index (χ1n) is 7.45. The van der Waals surface area contributed by atoms with Gasteiger partial charge >= 0.3 is 0 Å². The third-order valence-electron chi connectivity index (χ3n) is 3.53. The highest BCUT2D eigenvalue weighted by Gasteiger charge is 2.10. The van der Waals surface area contributed by atoms with Crippen LogP contribution in [0.1, 0.15) is 46.8 Å². The Morgan fingerprint density at radius 1 is 1.39 bits per heavy atom. The van der Waals surface area contributed by atoms with Gasteiger partial charge in [0.15, 0.2) is 0 Å². The topological polar surface area (TPSA) is 63.6 Å². The lowest BCUT2D eigenvalue weighted by atomic mass is 9.97. The summed E-state index contributed by atoms with van der Waals surface area (Å²) in [7, 11) is 1.67. The molecule has 1 aromatic heterocycles. The molecule has 0 bridgehead atoms. The maximum absolute atomic E-state index is 11.9. The minimum Gasteiger partial charge on any atom is -0.496 e. The predicted molar refractivity (Wildman–Crippen MR) is 91.1 cm³/mol. The predicted octanol–water partition coefficient (Wildman–Crippen LogP) is 3.29. The molecule has 0 radical (unpaired) electrons. The Balaban J connectivity index is 2.16. The van der Waals surface area contributed by atoms with Gasteiger partial charge in [0.25, 0.3) is 5.91 Å². The van der Waals surface area contributed by atoms with Gasteiger partial charge in [-0.05, 0) is 53.8 Å². The number of carbonyl (C=O) groups excluding carboxylic acids is 1. The van der Waals surface area contributed by atoms with Crippen LogP contribution in [0.25, 0.3) is 0 Å². The van der Waals surface area contributed by atoms with E-state index in [1.807, 2.05) is 19.1 Å². The van der Waals surface area contributed by atoms with Crippen LogP contribution in [-0.2, 0) is 0 Å². The lowest BCUT2D eigenvalue weighted by molar-refractivity contribution is 0.0955. The average Bonchev–Trinajstić information content (AvgIpc) is 2.56. The van der Waals surface area contributed by atoms with Gasteiger partial charge in [0.2, 0.25) is 0 Å². The number of ether oxygens (including phenoxy) is 1. The quantitative estimate of drug-likeness (QED) is 0.681. The molecule has 1 heterocycles. The van der Waals surface area contributed by atoms with Crippen LogP contribution in [0.4, 0.5) is 0 Å². The van der Waals surface area contributed by atoms with Crippen LogP contribution in [0.3, 0.4) is 0 Å². The van der Waals surface area contributed by atoms with Crippen molar-refractivity contribution in [3.05, 3.63) is 58.9 Å². The number of methoxy groups -OCH3 is 1. The van der Waals surface area contributed by atoms with E-state index >= 15 is 0 Å². The number of hydrogen-bond acceptors (Lipinski definition) is 4. The van der Waals surface area contributed by atoms with Crippen molar-refractivity contribution in [1.82, 2.24) is 10.4 Å². The second-order valence-electron chi connectivity index (χ2n) is 5.55. The van der Waals surface area contributed by atoms with E-state index in [1.54, 1.807) is 31.7 Å². The van der Waals surface area contributed by atoms with Crippen molar-refractivity contribution < 1.29 is 9.53 Å². The Kier molecular flexibility index (Phi) is 5.46. The van der Waals surface area contributed by atoms with Gasteiger partial charge in [-0.3, -0.25) is 9.78 Å². The molecule has 5 heteroatoms. The molecule has 1 amide bonds. The fraction of sp³-hybridized carbons (Fsp3) is 0.278. The lowest BCUT2D eigenvalue weighted by Gasteiger charge is -2.14. The molecule has 2 aromatic rings. The van der Waals surface area contributed by atoms with E-state index in [9.17, 15) is 4.79 Å². The van der Waals surface area contributed by atoms with E-state index in [2.05, 4.69) is 29.4 Å². The van der Waals surface area contributed by atoms with Crippen LogP contribution in [-0.4, -0.2) is 24.2 Å². The highest BCUT2D eigenvalue weighted by Crippen LogP contribution is 2.28. The van der Waals surface area contributed by atoms with E-state index in [-0.39, 0.29) is 5.91 Å². The van der Waals surface area contributed by atoms with Crippen LogP contribution in [0.5, 0.6) is 5.75 Å². The second kappa shape index (κ2) is 7.54. The Bertz CT molecular complexity index is 710. The average molecular weight is 311 g/mol. The van der Waals surface area contributed by atoms with Crippen molar-refractivity contribution in [3.63, 3.8) is 0 Å². The number of hydrogen-bond donors (Lipinski definition) is 1. The Labute approximate surface area is 136 Å². The number of benzene rings is 1. The summed E-state index contributed by atoms with van der Waals surface area (Å²) in [6, 6.07) is 7.42. The minimum absolute atomic E-state index is 0.287. The minimum atomic E-state index is -0.287. The summed E-state index contributed by atoms with van der Waals surface area (Å²) in [6.07, 6.45) is 4.77. The van der Waals surface area contributed by atoms with E-state index < -0.39 is 0 Å². The molecule has 0 fully saturated rings. The van der Waals surface area contributed by atoms with Gasteiger partial charge in [-0.15, -0.1) is 0 Å². The molecule has 0 unspecified atom stereocenters. The first-order chi connectivity index (χ1) is 11.0. The zero-order valence-corrected chi connectivity index (χ0v) is 13.8. The third-order valence-corrected chi connectivity index (χ3v) is 3.53. The molecule has 1 N–H and O–H groups in total. The summed E-state index contributed by atoms with van der Waals surface area (Å²) in [4.78, 5) is 15.8. The molecule has 23 heavy (non-hydrogen) atoms. The van der Waals surface area contributed by atoms with Crippen LogP contribution >= 0.6 is 0 Å². The van der Waals surface area contributed by atoms with Gasteiger partial charge in [0, 0.05) is 12.4 Å². The fourth-order valence-corrected chi connectivity index (χ4v) is 2.20. The molecule has 0 saturated heterocycles. The first kappa shape index (κ1) is 16.7. The highest BCUT2D eigenvalue weighted by atomic mass is 16.5. The van der Waals surface area contributed by atoms with E-state index in [0.29, 0.717) is 11.5 Å². The number of carbonyl (C=O) groups is 1. The fourth-order valence-electron chi connectivity index (χ4n) is 2.20. The van der Waals surface area contributed by atoms with Crippen molar-refractivity contribution in [1.29, 1.82) is 0 Å². The molecule has 2 rings (SSSR count). The lowest BCUT2D eigenvalue weighted by Crippen LogP contribution is -2.17. The van der Waals surface area contributed by atoms with Crippen LogP contribution < -0.4 is 10.2 Å². The van der Waals surface area contributed by atoms with Gasteiger partial charge in [-0.2, -0.15) is 5.10 Å². The molecule has 0 saturated carbocycles. The summed E-state index contributed by atoms with van der Waals surface area (Å²) in [5.41, 5.74) is 6.07. The molecular formula is C18H21N3O2. The monoisotopic (exact) mass is 311 g/mol. The normalized spacial score (nSPS) is 11.0. The number of amides is 1. The van der Waals surface area contributed by atoms with Crippen molar-refractivity contribution in [3.8, 4) is 5.75 Å². The Hall–Kier alpha value is -2.69. The smallest absolute Gasteiger partial charge is 0.272 e. The van der Waals surface area contributed by atoms with Crippen molar-refractivity contribution >= 4 is 12.1 Å². The Morgan fingerprint density at radius 3 is 2.78 bits per heavy atom. The van der Waals surface area contributed by atoms with Gasteiger partial charge in [0.1, 0.15) is 5.75 Å². The number of aryl methyl sites for hydroxylation is 1. The SMILES string of the molecule is COc1cc(C)c(/C=N\NC(=O)c2cccnc2)cc1C(C)C. The summed E-state index contributed by atoms with van der Waals surface area (Å²) in [6.45, 7) is 6.20. The molecule has 1 aromatic carbocycles. The summed E-state index contributed by atoms with van der Waals surface area (Å²) >= 11 is 0. The highest BCUT2D eigenvalue weighted by molar-refractivity contribution is 5.94.